The molecule has 0 bridgehead atoms. The summed E-state index contributed by atoms with van der Waals surface area (Å²) in [5.74, 6) is 1.63. The molecule has 24 heavy (non-hydrogen) atoms. The maximum Gasteiger partial charge on any atom is 0.232 e. The summed E-state index contributed by atoms with van der Waals surface area (Å²) in [6.07, 6.45) is 3.91. The summed E-state index contributed by atoms with van der Waals surface area (Å²) in [4.78, 5) is 12.1. The molecule has 1 atom stereocenters. The van der Waals surface area contributed by atoms with Crippen LogP contribution < -0.4 is 14.8 Å². The SMILES string of the molecule is COc1ccc(CCCCC2C(=O)Nc3ccccc32)cc1OC. The van der Waals surface area contributed by atoms with Crippen molar-refractivity contribution in [3.8, 4) is 11.5 Å². The number of methoxy groups -OCH3 is 2. The van der Waals surface area contributed by atoms with Crippen molar-refractivity contribution < 1.29 is 14.3 Å². The smallest absolute Gasteiger partial charge is 0.232 e. The Balaban J connectivity index is 1.54. The number of para-hydroxylation sites is 1. The van der Waals surface area contributed by atoms with Crippen molar-refractivity contribution in [1.82, 2.24) is 0 Å². The van der Waals surface area contributed by atoms with Crippen LogP contribution in [-0.2, 0) is 11.2 Å². The highest BCUT2D eigenvalue weighted by atomic mass is 16.5. The molecule has 1 heterocycles. The molecule has 0 saturated heterocycles. The van der Waals surface area contributed by atoms with Crippen LogP contribution in [0.2, 0.25) is 0 Å². The number of ether oxygens (including phenoxy) is 2. The van der Waals surface area contributed by atoms with Crippen LogP contribution in [0.1, 0.15) is 36.3 Å². The Bertz CT molecular complexity index is 727. The summed E-state index contributed by atoms with van der Waals surface area (Å²) >= 11 is 0. The van der Waals surface area contributed by atoms with Crippen molar-refractivity contribution in [1.29, 1.82) is 0 Å². The number of amides is 1. The van der Waals surface area contributed by atoms with E-state index in [2.05, 4.69) is 11.4 Å². The van der Waals surface area contributed by atoms with Gasteiger partial charge in [-0.05, 0) is 48.6 Å². The fourth-order valence-corrected chi connectivity index (χ4v) is 3.28. The maximum absolute atomic E-state index is 12.1. The van der Waals surface area contributed by atoms with Gasteiger partial charge >= 0.3 is 0 Å². The molecule has 1 aliphatic rings. The van der Waals surface area contributed by atoms with Crippen molar-refractivity contribution in [2.45, 2.75) is 31.6 Å². The Morgan fingerprint density at radius 3 is 2.58 bits per heavy atom. The van der Waals surface area contributed by atoms with Gasteiger partial charge in [0.25, 0.3) is 0 Å². The third-order valence-electron chi connectivity index (χ3n) is 4.57. The Kier molecular flexibility index (Phi) is 5.04. The molecule has 0 fully saturated rings. The fraction of sp³-hybridized carbons (Fsp3) is 0.350. The van der Waals surface area contributed by atoms with Gasteiger partial charge in [-0.2, -0.15) is 0 Å². The van der Waals surface area contributed by atoms with Crippen LogP contribution in [0.3, 0.4) is 0 Å². The molecule has 0 aromatic heterocycles. The zero-order chi connectivity index (χ0) is 16.9. The van der Waals surface area contributed by atoms with E-state index in [0.29, 0.717) is 0 Å². The fourth-order valence-electron chi connectivity index (χ4n) is 3.28. The minimum absolute atomic E-state index is 0.00777. The van der Waals surface area contributed by atoms with E-state index in [1.165, 1.54) is 5.56 Å². The number of unbranched alkanes of at least 4 members (excludes halogenated alkanes) is 1. The molecule has 2 aromatic carbocycles. The molecule has 1 aliphatic heterocycles. The number of carbonyl (C=O) groups is 1. The van der Waals surface area contributed by atoms with Gasteiger partial charge in [0.05, 0.1) is 20.1 Å². The number of anilines is 1. The van der Waals surface area contributed by atoms with Gasteiger partial charge in [0.15, 0.2) is 11.5 Å². The molecule has 2 aromatic rings. The number of nitrogens with one attached hydrogen (secondary N) is 1. The second kappa shape index (κ2) is 7.39. The number of aryl methyl sites for hydroxylation is 1. The average Bonchev–Trinajstić information content (AvgIpc) is 2.93. The number of hydrogen-bond donors (Lipinski definition) is 1. The highest BCUT2D eigenvalue weighted by molar-refractivity contribution is 6.02. The first-order chi connectivity index (χ1) is 11.7. The number of carbonyl (C=O) groups excluding carboxylic acids is 1. The number of hydrogen-bond acceptors (Lipinski definition) is 3. The van der Waals surface area contributed by atoms with Crippen LogP contribution in [0.25, 0.3) is 0 Å². The van der Waals surface area contributed by atoms with Crippen molar-refractivity contribution in [3.63, 3.8) is 0 Å². The van der Waals surface area contributed by atoms with Crippen molar-refractivity contribution in [2.75, 3.05) is 19.5 Å². The van der Waals surface area contributed by atoms with E-state index >= 15 is 0 Å². The molecule has 0 saturated carbocycles. The first-order valence-electron chi connectivity index (χ1n) is 8.33. The number of fused-ring (bicyclic) bond motifs is 1. The number of rotatable bonds is 7. The van der Waals surface area contributed by atoms with E-state index in [9.17, 15) is 4.79 Å². The van der Waals surface area contributed by atoms with E-state index in [4.69, 9.17) is 9.47 Å². The molecule has 1 unspecified atom stereocenters. The minimum atomic E-state index is -0.00777. The van der Waals surface area contributed by atoms with Crippen LogP contribution >= 0.6 is 0 Å². The molecule has 0 spiro atoms. The molecule has 0 aliphatic carbocycles. The Morgan fingerprint density at radius 1 is 1.00 bits per heavy atom. The van der Waals surface area contributed by atoms with Gasteiger partial charge in [-0.1, -0.05) is 30.7 Å². The lowest BCUT2D eigenvalue weighted by Gasteiger charge is -2.11. The van der Waals surface area contributed by atoms with E-state index < -0.39 is 0 Å². The zero-order valence-electron chi connectivity index (χ0n) is 14.2. The normalized spacial score (nSPS) is 15.8. The predicted octanol–water partition coefficient (Wildman–Crippen LogP) is 4.15. The predicted molar refractivity (Wildman–Crippen MR) is 94.9 cm³/mol. The molecule has 1 N–H and O–H groups in total. The van der Waals surface area contributed by atoms with E-state index in [-0.39, 0.29) is 11.8 Å². The maximum atomic E-state index is 12.1. The first-order valence-corrected chi connectivity index (χ1v) is 8.33. The molecule has 0 radical (unpaired) electrons. The summed E-state index contributed by atoms with van der Waals surface area (Å²) in [6.45, 7) is 0. The molecule has 1 amide bonds. The average molecular weight is 325 g/mol. The largest absolute Gasteiger partial charge is 0.493 e. The topological polar surface area (TPSA) is 47.6 Å². The van der Waals surface area contributed by atoms with Gasteiger partial charge in [-0.25, -0.2) is 0 Å². The van der Waals surface area contributed by atoms with Gasteiger partial charge in [0.2, 0.25) is 5.91 Å². The van der Waals surface area contributed by atoms with Gasteiger partial charge < -0.3 is 14.8 Å². The van der Waals surface area contributed by atoms with Gasteiger partial charge in [0.1, 0.15) is 0 Å². The van der Waals surface area contributed by atoms with Crippen molar-refractivity contribution in [3.05, 3.63) is 53.6 Å². The summed E-state index contributed by atoms with van der Waals surface area (Å²) in [7, 11) is 3.29. The summed E-state index contributed by atoms with van der Waals surface area (Å²) in [5.41, 5.74) is 3.32. The Labute approximate surface area is 142 Å². The van der Waals surface area contributed by atoms with Gasteiger partial charge in [0, 0.05) is 5.69 Å². The first kappa shape index (κ1) is 16.4. The molecule has 126 valence electrons. The highest BCUT2D eigenvalue weighted by Gasteiger charge is 2.29. The van der Waals surface area contributed by atoms with E-state index in [1.54, 1.807) is 14.2 Å². The van der Waals surface area contributed by atoms with Crippen molar-refractivity contribution >= 4 is 11.6 Å². The van der Waals surface area contributed by atoms with E-state index in [1.807, 2.05) is 36.4 Å². The summed E-state index contributed by atoms with van der Waals surface area (Å²) < 4.78 is 10.6. The minimum Gasteiger partial charge on any atom is -0.493 e. The van der Waals surface area contributed by atoms with Crippen LogP contribution in [-0.4, -0.2) is 20.1 Å². The lowest BCUT2D eigenvalue weighted by atomic mass is 9.94. The molecule has 4 heteroatoms. The Hall–Kier alpha value is -2.49. The number of benzene rings is 2. The second-order valence-electron chi connectivity index (χ2n) is 6.06. The monoisotopic (exact) mass is 325 g/mol. The standard InChI is InChI=1S/C20H23NO3/c1-23-18-12-11-14(13-19(18)24-2)7-3-4-9-16-15-8-5-6-10-17(15)21-20(16)22/h5-6,8,10-13,16H,3-4,7,9H2,1-2H3,(H,21,22). The molecule has 3 rings (SSSR count). The zero-order valence-corrected chi connectivity index (χ0v) is 14.2. The quantitative estimate of drug-likeness (QED) is 0.778. The highest BCUT2D eigenvalue weighted by Crippen LogP contribution is 2.35. The van der Waals surface area contributed by atoms with Crippen LogP contribution in [0.5, 0.6) is 11.5 Å². The van der Waals surface area contributed by atoms with Crippen molar-refractivity contribution in [2.24, 2.45) is 0 Å². The third-order valence-corrected chi connectivity index (χ3v) is 4.57. The molecular weight excluding hydrogens is 302 g/mol. The summed E-state index contributed by atoms with van der Waals surface area (Å²) in [6, 6.07) is 14.0. The van der Waals surface area contributed by atoms with Crippen LogP contribution in [0, 0.1) is 0 Å². The summed E-state index contributed by atoms with van der Waals surface area (Å²) in [5, 5.41) is 2.96. The third kappa shape index (κ3) is 3.37. The molecular formula is C20H23NO3. The van der Waals surface area contributed by atoms with Crippen LogP contribution in [0.4, 0.5) is 5.69 Å². The van der Waals surface area contributed by atoms with Gasteiger partial charge in [-0.3, -0.25) is 4.79 Å². The lowest BCUT2D eigenvalue weighted by Crippen LogP contribution is -2.11. The van der Waals surface area contributed by atoms with Crippen LogP contribution in [0.15, 0.2) is 42.5 Å². The van der Waals surface area contributed by atoms with E-state index in [0.717, 1.165) is 48.4 Å². The van der Waals surface area contributed by atoms with Gasteiger partial charge in [-0.15, -0.1) is 0 Å². The lowest BCUT2D eigenvalue weighted by molar-refractivity contribution is -0.117. The second-order valence-corrected chi connectivity index (χ2v) is 6.06. The molecule has 4 nitrogen and oxygen atoms in total. The Morgan fingerprint density at radius 2 is 1.79 bits per heavy atom.